The fourth-order valence-electron chi connectivity index (χ4n) is 5.23. The highest BCUT2D eigenvalue weighted by Gasteiger charge is 2.39. The Morgan fingerprint density at radius 1 is 1.07 bits per heavy atom. The van der Waals surface area contributed by atoms with Gasteiger partial charge in [0, 0.05) is 59.1 Å². The van der Waals surface area contributed by atoms with Crippen LogP contribution < -0.4 is 15.8 Å². The monoisotopic (exact) mass is 599 g/mol. The number of carbonyl (C=O) groups excluding carboxylic acids is 2. The first-order chi connectivity index (χ1) is 19.3. The van der Waals surface area contributed by atoms with Gasteiger partial charge in [0.05, 0.1) is 16.3 Å². The molecule has 9 nitrogen and oxygen atoms in total. The van der Waals surface area contributed by atoms with Gasteiger partial charge in [0.25, 0.3) is 0 Å². The van der Waals surface area contributed by atoms with E-state index in [1.165, 1.54) is 11.3 Å². The van der Waals surface area contributed by atoms with Crippen LogP contribution in [0.1, 0.15) is 58.4 Å². The maximum absolute atomic E-state index is 12.6. The highest BCUT2D eigenvalue weighted by molar-refractivity contribution is 7.19. The van der Waals surface area contributed by atoms with Crippen molar-refractivity contribution in [1.29, 1.82) is 0 Å². The first kappa shape index (κ1) is 29.4. The van der Waals surface area contributed by atoms with Crippen LogP contribution in [-0.2, 0) is 22.4 Å². The number of halogens is 1. The molecular weight excluding hydrogens is 562 g/mol. The highest BCUT2D eigenvalue weighted by atomic mass is 35.5. The van der Waals surface area contributed by atoms with Crippen molar-refractivity contribution in [2.45, 2.75) is 78.2 Å². The number of nitrogens with one attached hydrogen (secondary N) is 2. The van der Waals surface area contributed by atoms with E-state index in [0.29, 0.717) is 24.7 Å². The molecule has 1 aromatic carbocycles. The van der Waals surface area contributed by atoms with Crippen molar-refractivity contribution >= 4 is 51.0 Å². The van der Waals surface area contributed by atoms with Crippen LogP contribution in [0.4, 0.5) is 15.3 Å². The van der Waals surface area contributed by atoms with E-state index < -0.39 is 17.3 Å². The number of thiophene rings is 1. The molecule has 2 amide bonds. The Labute approximate surface area is 250 Å². The quantitative estimate of drug-likeness (QED) is 0.322. The Bertz CT molecular complexity index is 1460. The molecule has 220 valence electrons. The molecule has 2 N–H and O–H groups in total. The van der Waals surface area contributed by atoms with Crippen LogP contribution in [0.25, 0.3) is 21.3 Å². The van der Waals surface area contributed by atoms with Gasteiger partial charge in [-0.05, 0) is 84.2 Å². The van der Waals surface area contributed by atoms with Crippen LogP contribution in [0.2, 0.25) is 5.02 Å². The van der Waals surface area contributed by atoms with E-state index in [1.807, 2.05) is 65.9 Å². The van der Waals surface area contributed by atoms with Crippen LogP contribution in [0.15, 0.2) is 30.5 Å². The summed E-state index contributed by atoms with van der Waals surface area (Å²) in [7, 11) is 0. The third-order valence-electron chi connectivity index (χ3n) is 6.85. The molecule has 11 heteroatoms. The summed E-state index contributed by atoms with van der Waals surface area (Å²) in [4.78, 5) is 34.5. The number of hydrogen-bond donors (Lipinski definition) is 2. The van der Waals surface area contributed by atoms with E-state index in [2.05, 4.69) is 26.8 Å². The normalized spacial score (nSPS) is 15.9. The smallest absolute Gasteiger partial charge is 0.422 e. The maximum atomic E-state index is 12.6. The van der Waals surface area contributed by atoms with E-state index >= 15 is 0 Å². The summed E-state index contributed by atoms with van der Waals surface area (Å²) < 4.78 is 11.9. The minimum atomic E-state index is -0.570. The number of amides is 2. The summed E-state index contributed by atoms with van der Waals surface area (Å²) in [6.07, 6.45) is 3.02. The number of anilines is 1. The van der Waals surface area contributed by atoms with Crippen molar-refractivity contribution in [3.63, 3.8) is 0 Å². The molecule has 2 aromatic heterocycles. The van der Waals surface area contributed by atoms with E-state index in [1.54, 1.807) is 16.2 Å². The predicted octanol–water partition coefficient (Wildman–Crippen LogP) is 6.52. The Balaban J connectivity index is 1.39. The van der Waals surface area contributed by atoms with E-state index in [-0.39, 0.29) is 12.1 Å². The minimum Gasteiger partial charge on any atom is -0.444 e. The number of hydrazine groups is 1. The van der Waals surface area contributed by atoms with Crippen LogP contribution in [0.3, 0.4) is 0 Å². The molecule has 0 radical (unpaired) electrons. The van der Waals surface area contributed by atoms with Gasteiger partial charge >= 0.3 is 12.2 Å². The lowest BCUT2D eigenvalue weighted by Gasteiger charge is -2.48. The number of aromatic nitrogens is 1. The fraction of sp³-hybridized carbons (Fsp3) is 0.500. The van der Waals surface area contributed by atoms with Crippen LogP contribution in [-0.4, -0.2) is 58.9 Å². The average Bonchev–Trinajstić information content (AvgIpc) is 3.23. The molecule has 4 heterocycles. The van der Waals surface area contributed by atoms with Crippen LogP contribution in [0, 0.1) is 0 Å². The summed E-state index contributed by atoms with van der Waals surface area (Å²) in [6, 6.07) is 8.40. The largest absolute Gasteiger partial charge is 0.444 e. The zero-order valence-corrected chi connectivity index (χ0v) is 26.0. The van der Waals surface area contributed by atoms with Crippen molar-refractivity contribution in [3.8, 4) is 11.1 Å². The molecular formula is C30H38ClN5O4S. The SMILES string of the molecule is CC(C)(C)OC(=O)NNCc1cc2nccc(-c3cc(Cl)cc4c3N(C3CN(C(=O)OC(C)(C)C)C3)CCC4)c2s1. The first-order valence-electron chi connectivity index (χ1n) is 13.9. The van der Waals surface area contributed by atoms with Gasteiger partial charge in [0.2, 0.25) is 0 Å². The number of ether oxygens (including phenoxy) is 2. The number of pyridine rings is 1. The molecule has 2 aliphatic heterocycles. The second kappa shape index (κ2) is 11.3. The van der Waals surface area contributed by atoms with Gasteiger partial charge in [-0.1, -0.05) is 11.6 Å². The molecule has 0 aliphatic carbocycles. The summed E-state index contributed by atoms with van der Waals surface area (Å²) in [6.45, 7) is 13.7. The molecule has 0 saturated carbocycles. The van der Waals surface area contributed by atoms with Gasteiger partial charge in [-0.3, -0.25) is 10.4 Å². The Hall–Kier alpha value is -3.08. The lowest BCUT2D eigenvalue weighted by Crippen LogP contribution is -2.62. The number of carbonyl (C=O) groups is 2. The third-order valence-corrected chi connectivity index (χ3v) is 8.22. The van der Waals surface area contributed by atoms with Gasteiger partial charge in [-0.2, -0.15) is 0 Å². The van der Waals surface area contributed by atoms with Gasteiger partial charge in [-0.15, -0.1) is 11.3 Å². The molecule has 3 aromatic rings. The van der Waals surface area contributed by atoms with Gasteiger partial charge in [0.1, 0.15) is 11.2 Å². The van der Waals surface area contributed by atoms with E-state index in [4.69, 9.17) is 21.1 Å². The fourth-order valence-corrected chi connectivity index (χ4v) is 6.55. The summed E-state index contributed by atoms with van der Waals surface area (Å²) in [5.41, 5.74) is 9.90. The zero-order valence-electron chi connectivity index (χ0n) is 24.5. The second-order valence-corrected chi connectivity index (χ2v) is 14.1. The average molecular weight is 600 g/mol. The number of aryl methyl sites for hydroxylation is 1. The third kappa shape index (κ3) is 6.88. The molecule has 0 bridgehead atoms. The zero-order chi connectivity index (χ0) is 29.5. The lowest BCUT2D eigenvalue weighted by molar-refractivity contribution is 0.00800. The van der Waals surface area contributed by atoms with E-state index in [0.717, 1.165) is 45.6 Å². The van der Waals surface area contributed by atoms with E-state index in [9.17, 15) is 9.59 Å². The summed E-state index contributed by atoms with van der Waals surface area (Å²) in [5, 5.41) is 0.703. The number of likely N-dealkylation sites (tertiary alicyclic amines) is 1. The Morgan fingerprint density at radius 2 is 1.80 bits per heavy atom. The molecule has 0 spiro atoms. The maximum Gasteiger partial charge on any atom is 0.422 e. The number of nitrogens with zero attached hydrogens (tertiary/aromatic N) is 3. The van der Waals surface area contributed by atoms with Crippen LogP contribution >= 0.6 is 22.9 Å². The molecule has 1 saturated heterocycles. The standard InChI is InChI=1S/C30H38ClN5O4S/c1-29(2,3)39-27(37)34-33-15-21-14-24-26(41-21)22(9-10-32-24)23-13-19(31)12-18-8-7-11-36(25(18)23)20-16-35(17-20)28(38)40-30(4,5)6/h9-10,12-14,20,33H,7-8,11,15-17H2,1-6H3,(H,34,37). The predicted molar refractivity (Wildman–Crippen MR) is 164 cm³/mol. The number of benzene rings is 1. The van der Waals surface area contributed by atoms with Crippen molar-refractivity contribution < 1.29 is 19.1 Å². The van der Waals surface area contributed by atoms with Crippen LogP contribution in [0.5, 0.6) is 0 Å². The molecule has 41 heavy (non-hydrogen) atoms. The lowest BCUT2D eigenvalue weighted by atomic mass is 9.91. The summed E-state index contributed by atoms with van der Waals surface area (Å²) in [5.74, 6) is 0. The molecule has 5 rings (SSSR count). The molecule has 0 unspecified atom stereocenters. The molecule has 2 aliphatic rings. The highest BCUT2D eigenvalue weighted by Crippen LogP contribution is 2.45. The van der Waals surface area contributed by atoms with Gasteiger partial charge in [-0.25, -0.2) is 15.0 Å². The second-order valence-electron chi connectivity index (χ2n) is 12.6. The Morgan fingerprint density at radius 3 is 2.51 bits per heavy atom. The first-order valence-corrected chi connectivity index (χ1v) is 15.1. The number of fused-ring (bicyclic) bond motifs is 2. The van der Waals surface area contributed by atoms with Gasteiger partial charge in [0.15, 0.2) is 0 Å². The molecule has 0 atom stereocenters. The van der Waals surface area contributed by atoms with Crippen molar-refractivity contribution in [1.82, 2.24) is 20.7 Å². The van der Waals surface area contributed by atoms with Crippen molar-refractivity contribution in [3.05, 3.63) is 45.9 Å². The Kier molecular flexibility index (Phi) is 8.11. The van der Waals surface area contributed by atoms with Gasteiger partial charge < -0.3 is 19.3 Å². The minimum absolute atomic E-state index is 0.209. The molecule has 1 fully saturated rings. The number of rotatable bonds is 5. The van der Waals surface area contributed by atoms with Crippen molar-refractivity contribution in [2.24, 2.45) is 0 Å². The summed E-state index contributed by atoms with van der Waals surface area (Å²) >= 11 is 8.30. The topological polar surface area (TPSA) is 96.0 Å². The van der Waals surface area contributed by atoms with Crippen molar-refractivity contribution in [2.75, 3.05) is 24.5 Å². The number of hydrogen-bond acceptors (Lipinski definition) is 8.